The highest BCUT2D eigenvalue weighted by Crippen LogP contribution is 2.22. The second kappa shape index (κ2) is 5.63. The van der Waals surface area contributed by atoms with Gasteiger partial charge in [-0.25, -0.2) is 0 Å². The van der Waals surface area contributed by atoms with E-state index in [0.29, 0.717) is 23.0 Å². The average molecular weight is 300 g/mol. The van der Waals surface area contributed by atoms with E-state index in [1.807, 2.05) is 0 Å². The quantitative estimate of drug-likeness (QED) is 0.852. The Morgan fingerprint density at radius 2 is 2.14 bits per heavy atom. The van der Waals surface area contributed by atoms with E-state index in [2.05, 4.69) is 10.2 Å². The molecule has 0 radical (unpaired) electrons. The Balaban J connectivity index is 2.36. The SMILES string of the molecule is CCCN(CC(F)(F)F)C(=O)c1n[nH]c2ccc(N)cc12. The fourth-order valence-corrected chi connectivity index (χ4v) is 2.08. The molecule has 3 N–H and O–H groups in total. The van der Waals surface area contributed by atoms with Crippen LogP contribution in [0.3, 0.4) is 0 Å². The van der Waals surface area contributed by atoms with Crippen LogP contribution in [0, 0.1) is 0 Å². The number of benzene rings is 1. The Kier molecular flexibility index (Phi) is 4.06. The van der Waals surface area contributed by atoms with Crippen LogP contribution in [-0.4, -0.2) is 40.3 Å². The van der Waals surface area contributed by atoms with E-state index in [4.69, 9.17) is 5.73 Å². The number of aromatic nitrogens is 2. The van der Waals surface area contributed by atoms with E-state index < -0.39 is 18.6 Å². The van der Waals surface area contributed by atoms with E-state index in [9.17, 15) is 18.0 Å². The maximum Gasteiger partial charge on any atom is 0.406 e. The number of rotatable bonds is 4. The van der Waals surface area contributed by atoms with Crippen molar-refractivity contribution in [3.63, 3.8) is 0 Å². The summed E-state index contributed by atoms with van der Waals surface area (Å²) in [5.41, 5.74) is 6.56. The molecule has 114 valence electrons. The molecule has 1 aromatic heterocycles. The van der Waals surface area contributed by atoms with Crippen LogP contribution in [0.25, 0.3) is 10.9 Å². The fourth-order valence-electron chi connectivity index (χ4n) is 2.08. The fraction of sp³-hybridized carbons (Fsp3) is 0.385. The van der Waals surface area contributed by atoms with Gasteiger partial charge in [-0.05, 0) is 24.6 Å². The van der Waals surface area contributed by atoms with Crippen LogP contribution in [0.2, 0.25) is 0 Å². The van der Waals surface area contributed by atoms with Gasteiger partial charge in [-0.2, -0.15) is 18.3 Å². The summed E-state index contributed by atoms with van der Waals surface area (Å²) in [6, 6.07) is 4.76. The number of aromatic amines is 1. The minimum Gasteiger partial charge on any atom is -0.399 e. The van der Waals surface area contributed by atoms with Crippen LogP contribution in [0.1, 0.15) is 23.8 Å². The normalized spacial score (nSPS) is 11.8. The van der Waals surface area contributed by atoms with Gasteiger partial charge in [0.15, 0.2) is 5.69 Å². The molecular weight excluding hydrogens is 285 g/mol. The van der Waals surface area contributed by atoms with Gasteiger partial charge in [0.2, 0.25) is 0 Å². The van der Waals surface area contributed by atoms with E-state index in [1.54, 1.807) is 19.1 Å². The molecule has 21 heavy (non-hydrogen) atoms. The molecule has 1 amide bonds. The van der Waals surface area contributed by atoms with Gasteiger partial charge in [-0.3, -0.25) is 9.89 Å². The molecule has 0 aliphatic heterocycles. The Labute approximate surface area is 118 Å². The van der Waals surface area contributed by atoms with Crippen LogP contribution < -0.4 is 5.73 Å². The first-order valence-corrected chi connectivity index (χ1v) is 6.41. The molecular formula is C13H15F3N4O. The Morgan fingerprint density at radius 3 is 2.76 bits per heavy atom. The third-order valence-electron chi connectivity index (χ3n) is 2.94. The largest absolute Gasteiger partial charge is 0.406 e. The number of nitrogens with zero attached hydrogens (tertiary/aromatic N) is 2. The predicted molar refractivity (Wildman–Crippen MR) is 72.8 cm³/mol. The molecule has 2 aromatic rings. The number of nitrogens with two attached hydrogens (primary N) is 1. The third kappa shape index (κ3) is 3.45. The lowest BCUT2D eigenvalue weighted by atomic mass is 10.1. The highest BCUT2D eigenvalue weighted by Gasteiger charge is 2.34. The van der Waals surface area contributed by atoms with Gasteiger partial charge in [0.1, 0.15) is 6.54 Å². The number of hydrogen-bond acceptors (Lipinski definition) is 3. The summed E-state index contributed by atoms with van der Waals surface area (Å²) in [6.07, 6.45) is -4.03. The smallest absolute Gasteiger partial charge is 0.399 e. The number of H-pyrrole nitrogens is 1. The number of carbonyl (C=O) groups is 1. The van der Waals surface area contributed by atoms with Crippen molar-refractivity contribution >= 4 is 22.5 Å². The van der Waals surface area contributed by atoms with Gasteiger partial charge < -0.3 is 10.6 Å². The maximum absolute atomic E-state index is 12.6. The first kappa shape index (κ1) is 15.1. The van der Waals surface area contributed by atoms with Crippen molar-refractivity contribution in [3.8, 4) is 0 Å². The monoisotopic (exact) mass is 300 g/mol. The van der Waals surface area contributed by atoms with Crippen molar-refractivity contribution < 1.29 is 18.0 Å². The van der Waals surface area contributed by atoms with Crippen molar-refractivity contribution in [2.45, 2.75) is 19.5 Å². The molecule has 0 aliphatic rings. The number of nitrogen functional groups attached to an aromatic ring is 1. The van der Waals surface area contributed by atoms with Crippen molar-refractivity contribution in [1.29, 1.82) is 0 Å². The topological polar surface area (TPSA) is 75.0 Å². The maximum atomic E-state index is 12.6. The highest BCUT2D eigenvalue weighted by atomic mass is 19.4. The second-order valence-electron chi connectivity index (χ2n) is 4.72. The molecule has 0 unspecified atom stereocenters. The minimum absolute atomic E-state index is 0.00894. The number of alkyl halides is 3. The Hall–Kier alpha value is -2.25. The molecule has 0 atom stereocenters. The molecule has 0 spiro atoms. The van der Waals surface area contributed by atoms with Crippen LogP contribution in [0.5, 0.6) is 0 Å². The summed E-state index contributed by atoms with van der Waals surface area (Å²) in [7, 11) is 0. The summed E-state index contributed by atoms with van der Waals surface area (Å²) < 4.78 is 37.7. The molecule has 0 saturated carbocycles. The van der Waals surface area contributed by atoms with Gasteiger partial charge in [-0.1, -0.05) is 6.92 Å². The zero-order chi connectivity index (χ0) is 15.6. The zero-order valence-corrected chi connectivity index (χ0v) is 11.4. The summed E-state index contributed by atoms with van der Waals surface area (Å²) in [5, 5.41) is 6.87. The first-order chi connectivity index (χ1) is 9.81. The standard InChI is InChI=1S/C13H15F3N4O/c1-2-5-20(7-13(14,15)16)12(21)11-9-6-8(17)3-4-10(9)18-19-11/h3-4,6H,2,5,7,17H2,1H3,(H,18,19). The number of fused-ring (bicyclic) bond motifs is 1. The average Bonchev–Trinajstić information content (AvgIpc) is 2.78. The number of anilines is 1. The van der Waals surface area contributed by atoms with Crippen LogP contribution >= 0.6 is 0 Å². The summed E-state index contributed by atoms with van der Waals surface area (Å²) >= 11 is 0. The molecule has 2 rings (SSSR count). The van der Waals surface area contributed by atoms with Crippen molar-refractivity contribution in [3.05, 3.63) is 23.9 Å². The Bertz CT molecular complexity index is 650. The zero-order valence-electron chi connectivity index (χ0n) is 11.4. The molecule has 1 heterocycles. The van der Waals surface area contributed by atoms with Gasteiger partial charge in [0.05, 0.1) is 5.52 Å². The molecule has 0 saturated heterocycles. The van der Waals surface area contributed by atoms with Crippen molar-refractivity contribution in [2.24, 2.45) is 0 Å². The lowest BCUT2D eigenvalue weighted by molar-refractivity contribution is -0.140. The van der Waals surface area contributed by atoms with Gasteiger partial charge >= 0.3 is 6.18 Å². The van der Waals surface area contributed by atoms with E-state index in [0.717, 1.165) is 4.90 Å². The number of carbonyl (C=O) groups excluding carboxylic acids is 1. The summed E-state index contributed by atoms with van der Waals surface area (Å²) in [5.74, 6) is -0.758. The molecule has 0 fully saturated rings. The minimum atomic E-state index is -4.45. The Morgan fingerprint density at radius 1 is 1.43 bits per heavy atom. The van der Waals surface area contributed by atoms with E-state index in [-0.39, 0.29) is 12.2 Å². The number of halogens is 3. The molecule has 8 heteroatoms. The van der Waals surface area contributed by atoms with Gasteiger partial charge in [0, 0.05) is 17.6 Å². The van der Waals surface area contributed by atoms with E-state index >= 15 is 0 Å². The summed E-state index contributed by atoms with van der Waals surface area (Å²) in [6.45, 7) is 0.419. The van der Waals surface area contributed by atoms with Crippen molar-refractivity contribution in [1.82, 2.24) is 15.1 Å². The first-order valence-electron chi connectivity index (χ1n) is 6.41. The number of hydrogen-bond donors (Lipinski definition) is 2. The van der Waals surface area contributed by atoms with Crippen LogP contribution in [0.15, 0.2) is 18.2 Å². The lowest BCUT2D eigenvalue weighted by Gasteiger charge is -2.22. The predicted octanol–water partition coefficient (Wildman–Crippen LogP) is 2.56. The number of amides is 1. The van der Waals surface area contributed by atoms with E-state index in [1.165, 1.54) is 6.07 Å². The highest BCUT2D eigenvalue weighted by molar-refractivity contribution is 6.05. The molecule has 5 nitrogen and oxygen atoms in total. The molecule has 0 aliphatic carbocycles. The molecule has 1 aromatic carbocycles. The van der Waals surface area contributed by atoms with Crippen LogP contribution in [-0.2, 0) is 0 Å². The van der Waals surface area contributed by atoms with Gasteiger partial charge in [0.25, 0.3) is 5.91 Å². The number of nitrogens with one attached hydrogen (secondary N) is 1. The van der Waals surface area contributed by atoms with Gasteiger partial charge in [-0.15, -0.1) is 0 Å². The second-order valence-corrected chi connectivity index (χ2v) is 4.72. The molecule has 0 bridgehead atoms. The third-order valence-corrected chi connectivity index (χ3v) is 2.94. The summed E-state index contributed by atoms with van der Waals surface area (Å²) in [4.78, 5) is 13.1. The van der Waals surface area contributed by atoms with Crippen molar-refractivity contribution in [2.75, 3.05) is 18.8 Å². The van der Waals surface area contributed by atoms with Crippen LogP contribution in [0.4, 0.5) is 18.9 Å². The lowest BCUT2D eigenvalue weighted by Crippen LogP contribution is -2.39.